The fourth-order valence-electron chi connectivity index (χ4n) is 2.87. The summed E-state index contributed by atoms with van der Waals surface area (Å²) in [7, 11) is 0. The topological polar surface area (TPSA) is 15.3 Å². The Morgan fingerprint density at radius 1 is 1.20 bits per heavy atom. The van der Waals surface area contributed by atoms with Gasteiger partial charge in [-0.05, 0) is 30.0 Å². The standard InChI is InChI=1S/C15H21BrN2.2ClH/c16-14-3-1-2-13(11-14)15(10-12-4-5-12)18-8-6-17-7-9-18;;/h1-3,11-12,15,17H,4-10H2;2*1H/t15-;;/m1../s1. The molecule has 1 saturated heterocycles. The number of rotatable bonds is 4. The lowest BCUT2D eigenvalue weighted by Gasteiger charge is -2.35. The molecule has 1 atom stereocenters. The molecule has 1 N–H and O–H groups in total. The first kappa shape index (κ1) is 18.2. The van der Waals surface area contributed by atoms with E-state index in [9.17, 15) is 0 Å². The summed E-state index contributed by atoms with van der Waals surface area (Å²) in [4.78, 5) is 2.66. The van der Waals surface area contributed by atoms with Crippen LogP contribution in [0.5, 0.6) is 0 Å². The van der Waals surface area contributed by atoms with Crippen LogP contribution in [0.3, 0.4) is 0 Å². The van der Waals surface area contributed by atoms with Crippen LogP contribution in [0.1, 0.15) is 30.9 Å². The van der Waals surface area contributed by atoms with Gasteiger partial charge in [-0.3, -0.25) is 4.90 Å². The number of halogens is 3. The lowest BCUT2D eigenvalue weighted by molar-refractivity contribution is 0.160. The molecule has 2 nitrogen and oxygen atoms in total. The molecule has 2 fully saturated rings. The second kappa shape index (κ2) is 8.60. The monoisotopic (exact) mass is 380 g/mol. The van der Waals surface area contributed by atoms with Crippen LogP contribution >= 0.6 is 40.7 Å². The van der Waals surface area contributed by atoms with Gasteiger partial charge in [0.25, 0.3) is 0 Å². The largest absolute Gasteiger partial charge is 0.314 e. The van der Waals surface area contributed by atoms with Crippen molar-refractivity contribution < 1.29 is 0 Å². The predicted octanol–water partition coefficient (Wildman–Crippen LogP) is 4.04. The lowest BCUT2D eigenvalue weighted by Crippen LogP contribution is -2.45. The van der Waals surface area contributed by atoms with Crippen LogP contribution < -0.4 is 5.32 Å². The van der Waals surface area contributed by atoms with E-state index >= 15 is 0 Å². The van der Waals surface area contributed by atoms with E-state index in [0.29, 0.717) is 6.04 Å². The van der Waals surface area contributed by atoms with Crippen molar-refractivity contribution in [2.24, 2.45) is 5.92 Å². The number of nitrogens with one attached hydrogen (secondary N) is 1. The van der Waals surface area contributed by atoms with Crippen LogP contribution in [0.15, 0.2) is 28.7 Å². The molecule has 2 aliphatic rings. The van der Waals surface area contributed by atoms with Crippen LogP contribution in [-0.4, -0.2) is 31.1 Å². The molecule has 0 amide bonds. The number of benzene rings is 1. The summed E-state index contributed by atoms with van der Waals surface area (Å²) in [5.41, 5.74) is 1.48. The van der Waals surface area contributed by atoms with Gasteiger partial charge in [0.1, 0.15) is 0 Å². The minimum Gasteiger partial charge on any atom is -0.314 e. The van der Waals surface area contributed by atoms with Gasteiger partial charge >= 0.3 is 0 Å². The normalized spacial score (nSPS) is 20.6. The number of piperazine rings is 1. The SMILES string of the molecule is Brc1cccc([C@@H](CC2CC2)N2CCNCC2)c1.Cl.Cl. The first-order chi connectivity index (χ1) is 8.83. The Labute approximate surface area is 142 Å². The first-order valence-electron chi connectivity index (χ1n) is 7.03. The van der Waals surface area contributed by atoms with Gasteiger partial charge < -0.3 is 5.32 Å². The summed E-state index contributed by atoms with van der Waals surface area (Å²) in [6, 6.07) is 9.50. The Morgan fingerprint density at radius 3 is 2.50 bits per heavy atom. The third kappa shape index (κ3) is 4.88. The van der Waals surface area contributed by atoms with E-state index < -0.39 is 0 Å². The van der Waals surface area contributed by atoms with E-state index in [2.05, 4.69) is 50.4 Å². The summed E-state index contributed by atoms with van der Waals surface area (Å²) >= 11 is 3.61. The molecule has 1 aromatic carbocycles. The highest BCUT2D eigenvalue weighted by molar-refractivity contribution is 9.10. The van der Waals surface area contributed by atoms with Crippen molar-refractivity contribution in [1.29, 1.82) is 0 Å². The molecule has 0 bridgehead atoms. The molecule has 0 unspecified atom stereocenters. The quantitative estimate of drug-likeness (QED) is 0.846. The summed E-state index contributed by atoms with van der Waals surface area (Å²) in [6.45, 7) is 4.64. The molecule has 1 aliphatic carbocycles. The van der Waals surface area contributed by atoms with Crippen LogP contribution in [0.4, 0.5) is 0 Å². The highest BCUT2D eigenvalue weighted by atomic mass is 79.9. The molecule has 5 heteroatoms. The van der Waals surface area contributed by atoms with Crippen molar-refractivity contribution >= 4 is 40.7 Å². The van der Waals surface area contributed by atoms with Crippen LogP contribution in [0.2, 0.25) is 0 Å². The minimum atomic E-state index is 0. The zero-order valence-electron chi connectivity index (χ0n) is 11.6. The van der Waals surface area contributed by atoms with Gasteiger partial charge in [-0.2, -0.15) is 0 Å². The molecule has 0 aromatic heterocycles. The van der Waals surface area contributed by atoms with Crippen LogP contribution in [0, 0.1) is 5.92 Å². The fraction of sp³-hybridized carbons (Fsp3) is 0.600. The Bertz CT molecular complexity index is 407. The van der Waals surface area contributed by atoms with Gasteiger partial charge in [0, 0.05) is 36.7 Å². The average Bonchev–Trinajstić information content (AvgIpc) is 3.21. The summed E-state index contributed by atoms with van der Waals surface area (Å²) in [5.74, 6) is 0.976. The second-order valence-corrected chi connectivity index (χ2v) is 6.45. The molecule has 1 saturated carbocycles. The van der Waals surface area contributed by atoms with Crippen molar-refractivity contribution in [2.45, 2.75) is 25.3 Å². The van der Waals surface area contributed by atoms with E-state index in [1.54, 1.807) is 0 Å². The van der Waals surface area contributed by atoms with Crippen molar-refractivity contribution in [1.82, 2.24) is 10.2 Å². The number of nitrogens with zero attached hydrogens (tertiary/aromatic N) is 1. The minimum absolute atomic E-state index is 0. The predicted molar refractivity (Wildman–Crippen MR) is 93.2 cm³/mol. The molecule has 0 radical (unpaired) electrons. The molecule has 20 heavy (non-hydrogen) atoms. The highest BCUT2D eigenvalue weighted by Gasteiger charge is 2.30. The van der Waals surface area contributed by atoms with Crippen molar-refractivity contribution in [3.8, 4) is 0 Å². The lowest BCUT2D eigenvalue weighted by atomic mass is 9.99. The molecule has 3 rings (SSSR count). The van der Waals surface area contributed by atoms with Crippen molar-refractivity contribution in [2.75, 3.05) is 26.2 Å². The Hall–Kier alpha value is 0.200. The van der Waals surface area contributed by atoms with Gasteiger partial charge in [-0.25, -0.2) is 0 Å². The van der Waals surface area contributed by atoms with E-state index in [1.165, 1.54) is 42.4 Å². The molecule has 1 aliphatic heterocycles. The van der Waals surface area contributed by atoms with E-state index in [-0.39, 0.29) is 24.8 Å². The first-order valence-corrected chi connectivity index (χ1v) is 7.82. The van der Waals surface area contributed by atoms with E-state index in [4.69, 9.17) is 0 Å². The Kier molecular flexibility index (Phi) is 7.84. The molecular formula is C15H23BrCl2N2. The third-order valence-corrected chi connectivity index (χ3v) is 4.57. The maximum absolute atomic E-state index is 3.61. The fourth-order valence-corrected chi connectivity index (χ4v) is 3.29. The second-order valence-electron chi connectivity index (χ2n) is 5.54. The summed E-state index contributed by atoms with van der Waals surface area (Å²) in [6.07, 6.45) is 4.23. The zero-order chi connectivity index (χ0) is 12.4. The van der Waals surface area contributed by atoms with Crippen LogP contribution in [0.25, 0.3) is 0 Å². The van der Waals surface area contributed by atoms with E-state index in [1.807, 2.05) is 0 Å². The number of hydrogen-bond acceptors (Lipinski definition) is 2. The smallest absolute Gasteiger partial charge is 0.0352 e. The van der Waals surface area contributed by atoms with Gasteiger partial charge in [0.05, 0.1) is 0 Å². The number of hydrogen-bond donors (Lipinski definition) is 1. The third-order valence-electron chi connectivity index (χ3n) is 4.08. The summed E-state index contributed by atoms with van der Waals surface area (Å²) < 4.78 is 1.20. The highest BCUT2D eigenvalue weighted by Crippen LogP contribution is 2.40. The molecule has 114 valence electrons. The maximum atomic E-state index is 3.61. The van der Waals surface area contributed by atoms with Gasteiger partial charge in [0.15, 0.2) is 0 Å². The maximum Gasteiger partial charge on any atom is 0.0352 e. The van der Waals surface area contributed by atoms with Crippen LogP contribution in [-0.2, 0) is 0 Å². The zero-order valence-corrected chi connectivity index (χ0v) is 14.8. The molecular weight excluding hydrogens is 359 g/mol. The molecule has 1 aromatic rings. The van der Waals surface area contributed by atoms with Crippen molar-refractivity contribution in [3.63, 3.8) is 0 Å². The van der Waals surface area contributed by atoms with Gasteiger partial charge in [-0.15, -0.1) is 24.8 Å². The Balaban J connectivity index is 0.000001000. The molecule has 0 spiro atoms. The molecule has 1 heterocycles. The van der Waals surface area contributed by atoms with E-state index in [0.717, 1.165) is 19.0 Å². The van der Waals surface area contributed by atoms with Gasteiger partial charge in [0.2, 0.25) is 0 Å². The summed E-state index contributed by atoms with van der Waals surface area (Å²) in [5, 5.41) is 3.45. The van der Waals surface area contributed by atoms with Crippen molar-refractivity contribution in [3.05, 3.63) is 34.3 Å². The Morgan fingerprint density at radius 2 is 1.90 bits per heavy atom. The van der Waals surface area contributed by atoms with Gasteiger partial charge in [-0.1, -0.05) is 40.9 Å². The average molecular weight is 382 g/mol.